The number of nitrogens with zero attached hydrogens (tertiary/aromatic N) is 2. The summed E-state index contributed by atoms with van der Waals surface area (Å²) in [6.07, 6.45) is 6.53. The molecule has 0 bridgehead atoms. The molecule has 0 aliphatic carbocycles. The zero-order valence-corrected chi connectivity index (χ0v) is 11.5. The Hall–Kier alpha value is -1.53. The first-order valence-corrected chi connectivity index (χ1v) is 7.24. The molecule has 1 saturated heterocycles. The van der Waals surface area contributed by atoms with Crippen molar-refractivity contribution in [1.29, 1.82) is 5.26 Å². The topological polar surface area (TPSA) is 36.3 Å². The number of hydrogen-bond acceptors (Lipinski definition) is 3. The maximum atomic E-state index is 8.71. The highest BCUT2D eigenvalue weighted by molar-refractivity contribution is 5.34. The van der Waals surface area contributed by atoms with Crippen LogP contribution in [0.25, 0.3) is 0 Å². The fraction of sp³-hybridized carbons (Fsp3) is 0.562. The Morgan fingerprint density at radius 1 is 1.05 bits per heavy atom. The van der Waals surface area contributed by atoms with E-state index in [1.54, 1.807) is 12.1 Å². The molecule has 1 aromatic carbocycles. The van der Waals surface area contributed by atoms with Crippen molar-refractivity contribution in [2.24, 2.45) is 0 Å². The second-order valence-electron chi connectivity index (χ2n) is 5.09. The first kappa shape index (κ1) is 13.9. The molecule has 0 radical (unpaired) electrons. The lowest BCUT2D eigenvalue weighted by molar-refractivity contribution is 0.240. The highest BCUT2D eigenvalue weighted by Crippen LogP contribution is 2.13. The second kappa shape index (κ2) is 7.81. The lowest BCUT2D eigenvalue weighted by Gasteiger charge is -2.19. The molecule has 0 N–H and O–H groups in total. The van der Waals surface area contributed by atoms with Gasteiger partial charge in [-0.1, -0.05) is 12.8 Å². The molecule has 19 heavy (non-hydrogen) atoms. The van der Waals surface area contributed by atoms with Gasteiger partial charge in [-0.15, -0.1) is 0 Å². The molecule has 2 rings (SSSR count). The van der Waals surface area contributed by atoms with Crippen molar-refractivity contribution in [2.75, 3.05) is 26.2 Å². The molecule has 1 heterocycles. The summed E-state index contributed by atoms with van der Waals surface area (Å²) in [4.78, 5) is 2.55. The number of nitriles is 1. The van der Waals surface area contributed by atoms with Crippen LogP contribution in [-0.4, -0.2) is 31.1 Å². The molecule has 0 aromatic heterocycles. The van der Waals surface area contributed by atoms with E-state index in [1.165, 1.54) is 38.8 Å². The van der Waals surface area contributed by atoms with Gasteiger partial charge in [0, 0.05) is 6.54 Å². The van der Waals surface area contributed by atoms with Gasteiger partial charge in [0.2, 0.25) is 0 Å². The minimum atomic E-state index is 0.678. The van der Waals surface area contributed by atoms with Crippen LogP contribution in [0.1, 0.15) is 37.7 Å². The minimum absolute atomic E-state index is 0.678. The van der Waals surface area contributed by atoms with Crippen molar-refractivity contribution >= 4 is 0 Å². The van der Waals surface area contributed by atoms with Gasteiger partial charge in [-0.05, 0) is 56.6 Å². The van der Waals surface area contributed by atoms with E-state index < -0.39 is 0 Å². The van der Waals surface area contributed by atoms with E-state index in [0.717, 1.165) is 25.3 Å². The zero-order chi connectivity index (χ0) is 13.3. The lowest BCUT2D eigenvalue weighted by Crippen LogP contribution is -2.26. The average Bonchev–Trinajstić information content (AvgIpc) is 2.73. The van der Waals surface area contributed by atoms with Gasteiger partial charge in [0.05, 0.1) is 18.2 Å². The van der Waals surface area contributed by atoms with Crippen LogP contribution in [0.5, 0.6) is 5.75 Å². The largest absolute Gasteiger partial charge is 0.494 e. The monoisotopic (exact) mass is 258 g/mol. The summed E-state index contributed by atoms with van der Waals surface area (Å²) in [7, 11) is 0. The average molecular weight is 258 g/mol. The van der Waals surface area contributed by atoms with Crippen LogP contribution in [-0.2, 0) is 0 Å². The van der Waals surface area contributed by atoms with Gasteiger partial charge < -0.3 is 9.64 Å². The van der Waals surface area contributed by atoms with Gasteiger partial charge in [0.15, 0.2) is 0 Å². The Balaban J connectivity index is 1.64. The van der Waals surface area contributed by atoms with Gasteiger partial charge >= 0.3 is 0 Å². The third-order valence-electron chi connectivity index (χ3n) is 3.57. The highest BCUT2D eigenvalue weighted by Gasteiger charge is 2.08. The van der Waals surface area contributed by atoms with Gasteiger partial charge in [-0.2, -0.15) is 5.26 Å². The Kier molecular flexibility index (Phi) is 5.71. The van der Waals surface area contributed by atoms with Gasteiger partial charge in [-0.25, -0.2) is 0 Å². The predicted octanol–water partition coefficient (Wildman–Crippen LogP) is 3.20. The van der Waals surface area contributed by atoms with Crippen LogP contribution in [0.4, 0.5) is 0 Å². The van der Waals surface area contributed by atoms with E-state index in [-0.39, 0.29) is 0 Å². The molecule has 1 fully saturated rings. The van der Waals surface area contributed by atoms with Crippen molar-refractivity contribution in [1.82, 2.24) is 4.90 Å². The molecular formula is C16H22N2O. The minimum Gasteiger partial charge on any atom is -0.494 e. The molecule has 0 unspecified atom stereocenters. The Bertz CT molecular complexity index is 400. The Morgan fingerprint density at radius 3 is 2.37 bits per heavy atom. The van der Waals surface area contributed by atoms with Gasteiger partial charge in [-0.3, -0.25) is 0 Å². The van der Waals surface area contributed by atoms with Crippen molar-refractivity contribution in [3.8, 4) is 11.8 Å². The van der Waals surface area contributed by atoms with Crippen molar-refractivity contribution in [2.45, 2.75) is 32.1 Å². The zero-order valence-electron chi connectivity index (χ0n) is 11.5. The number of ether oxygens (including phenoxy) is 1. The van der Waals surface area contributed by atoms with E-state index >= 15 is 0 Å². The van der Waals surface area contributed by atoms with Crippen LogP contribution in [0.15, 0.2) is 24.3 Å². The second-order valence-corrected chi connectivity index (χ2v) is 5.09. The standard InChI is InChI=1S/C16H22N2O/c17-14-15-6-8-16(9-7-15)19-13-5-12-18-10-3-1-2-4-11-18/h6-9H,1-5,10-13H2. The lowest BCUT2D eigenvalue weighted by atomic mass is 10.2. The summed E-state index contributed by atoms with van der Waals surface area (Å²) >= 11 is 0. The molecule has 1 aliphatic rings. The van der Waals surface area contributed by atoms with Crippen molar-refractivity contribution in [3.63, 3.8) is 0 Å². The number of benzene rings is 1. The maximum Gasteiger partial charge on any atom is 0.119 e. The van der Waals surface area contributed by atoms with Crippen LogP contribution in [0, 0.1) is 11.3 Å². The quantitative estimate of drug-likeness (QED) is 0.761. The maximum absolute atomic E-state index is 8.71. The van der Waals surface area contributed by atoms with Crippen molar-refractivity contribution < 1.29 is 4.74 Å². The normalized spacial score (nSPS) is 16.6. The summed E-state index contributed by atoms with van der Waals surface area (Å²) in [5.74, 6) is 0.856. The number of likely N-dealkylation sites (tertiary alicyclic amines) is 1. The van der Waals surface area contributed by atoms with E-state index in [1.807, 2.05) is 12.1 Å². The fourth-order valence-electron chi connectivity index (χ4n) is 2.46. The van der Waals surface area contributed by atoms with E-state index in [0.29, 0.717) is 5.56 Å². The first-order valence-electron chi connectivity index (χ1n) is 7.24. The molecule has 0 atom stereocenters. The van der Waals surface area contributed by atoms with Crippen LogP contribution < -0.4 is 4.74 Å². The number of rotatable bonds is 5. The fourth-order valence-corrected chi connectivity index (χ4v) is 2.46. The van der Waals surface area contributed by atoms with Crippen LogP contribution in [0.2, 0.25) is 0 Å². The predicted molar refractivity (Wildman–Crippen MR) is 76.2 cm³/mol. The first-order chi connectivity index (χ1) is 9.38. The summed E-state index contributed by atoms with van der Waals surface area (Å²) in [5, 5.41) is 8.71. The Morgan fingerprint density at radius 2 is 1.74 bits per heavy atom. The smallest absolute Gasteiger partial charge is 0.119 e. The van der Waals surface area contributed by atoms with Crippen LogP contribution in [0.3, 0.4) is 0 Å². The Labute approximate surface area is 115 Å². The van der Waals surface area contributed by atoms with E-state index in [9.17, 15) is 0 Å². The summed E-state index contributed by atoms with van der Waals surface area (Å²) in [5.41, 5.74) is 0.678. The van der Waals surface area contributed by atoms with Gasteiger partial charge in [0.25, 0.3) is 0 Å². The van der Waals surface area contributed by atoms with Crippen LogP contribution >= 0.6 is 0 Å². The molecular weight excluding hydrogens is 236 g/mol. The molecule has 0 spiro atoms. The summed E-state index contributed by atoms with van der Waals surface area (Å²) < 4.78 is 5.69. The van der Waals surface area contributed by atoms with Crippen molar-refractivity contribution in [3.05, 3.63) is 29.8 Å². The summed E-state index contributed by atoms with van der Waals surface area (Å²) in [6.45, 7) is 4.38. The molecule has 3 nitrogen and oxygen atoms in total. The molecule has 102 valence electrons. The molecule has 1 aromatic rings. The molecule has 0 amide bonds. The summed E-state index contributed by atoms with van der Waals surface area (Å²) in [6, 6.07) is 9.43. The van der Waals surface area contributed by atoms with Gasteiger partial charge in [0.1, 0.15) is 5.75 Å². The SMILES string of the molecule is N#Cc1ccc(OCCCN2CCCCCC2)cc1. The molecule has 1 aliphatic heterocycles. The molecule has 3 heteroatoms. The third-order valence-corrected chi connectivity index (χ3v) is 3.57. The van der Waals surface area contributed by atoms with E-state index in [2.05, 4.69) is 11.0 Å². The third kappa shape index (κ3) is 4.92. The molecule has 0 saturated carbocycles. The van der Waals surface area contributed by atoms with E-state index in [4.69, 9.17) is 10.00 Å². The highest BCUT2D eigenvalue weighted by atomic mass is 16.5. The number of hydrogen-bond donors (Lipinski definition) is 0.